The van der Waals surface area contributed by atoms with Crippen LogP contribution in [0.25, 0.3) is 5.69 Å². The predicted molar refractivity (Wildman–Crippen MR) is 84.5 cm³/mol. The highest BCUT2D eigenvalue weighted by Gasteiger charge is 2.40. The number of anilines is 1. The van der Waals surface area contributed by atoms with Gasteiger partial charge in [-0.1, -0.05) is 16.8 Å². The zero-order valence-corrected chi connectivity index (χ0v) is 13.8. The van der Waals surface area contributed by atoms with Crippen LogP contribution >= 0.6 is 11.6 Å². The maximum Gasteiger partial charge on any atom is 0.437 e. The van der Waals surface area contributed by atoms with Crippen LogP contribution in [0.3, 0.4) is 0 Å². The number of benzene rings is 1. The molecule has 11 heteroatoms. The van der Waals surface area contributed by atoms with E-state index in [9.17, 15) is 18.0 Å². The van der Waals surface area contributed by atoms with Crippen LogP contribution in [0.1, 0.15) is 11.5 Å². The number of halogens is 4. The molecule has 2 heterocycles. The number of aromatic nitrogens is 3. The van der Waals surface area contributed by atoms with Gasteiger partial charge in [-0.15, -0.1) is 0 Å². The predicted octanol–water partition coefficient (Wildman–Crippen LogP) is 4.45. The van der Waals surface area contributed by atoms with Gasteiger partial charge >= 0.3 is 12.3 Å². The molecule has 0 radical (unpaired) electrons. The smallest absolute Gasteiger partial charge is 0.406 e. The number of nitrogens with zero attached hydrogens (tertiary/aromatic N) is 3. The van der Waals surface area contributed by atoms with Crippen LogP contribution in [0.2, 0.25) is 5.02 Å². The summed E-state index contributed by atoms with van der Waals surface area (Å²) in [5, 5.41) is 9.66. The van der Waals surface area contributed by atoms with E-state index in [-0.39, 0.29) is 11.5 Å². The molecule has 136 valence electrons. The summed E-state index contributed by atoms with van der Waals surface area (Å²) in [7, 11) is 0. The van der Waals surface area contributed by atoms with Crippen molar-refractivity contribution in [3.05, 3.63) is 53.0 Å². The lowest BCUT2D eigenvalue weighted by atomic mass is 10.3. The van der Waals surface area contributed by atoms with E-state index >= 15 is 0 Å². The SMILES string of the molecule is Cc1cc(NC(=O)Oc2cnn(-c3ccc(Cl)cc3)c2C(F)(F)F)no1. The third-order valence-corrected chi connectivity index (χ3v) is 3.39. The van der Waals surface area contributed by atoms with Gasteiger partial charge in [-0.25, -0.2) is 9.48 Å². The van der Waals surface area contributed by atoms with Crippen LogP contribution in [-0.2, 0) is 6.18 Å². The van der Waals surface area contributed by atoms with Crippen molar-refractivity contribution in [2.45, 2.75) is 13.1 Å². The normalized spacial score (nSPS) is 11.4. The van der Waals surface area contributed by atoms with Crippen LogP contribution < -0.4 is 10.1 Å². The molecule has 0 bridgehead atoms. The number of aryl methyl sites for hydroxylation is 1. The maximum atomic E-state index is 13.5. The fraction of sp³-hybridized carbons (Fsp3) is 0.133. The highest BCUT2D eigenvalue weighted by Crippen LogP contribution is 2.37. The van der Waals surface area contributed by atoms with E-state index in [0.29, 0.717) is 15.5 Å². The number of alkyl halides is 3. The average molecular weight is 387 g/mol. The fourth-order valence-corrected chi connectivity index (χ4v) is 2.23. The van der Waals surface area contributed by atoms with Crippen LogP contribution in [0.4, 0.5) is 23.8 Å². The van der Waals surface area contributed by atoms with Crippen LogP contribution in [0.5, 0.6) is 5.75 Å². The second kappa shape index (κ2) is 6.71. The molecular weight excluding hydrogens is 377 g/mol. The molecule has 0 saturated carbocycles. The van der Waals surface area contributed by atoms with E-state index in [2.05, 4.69) is 15.6 Å². The zero-order valence-electron chi connectivity index (χ0n) is 13.0. The van der Waals surface area contributed by atoms with Gasteiger partial charge in [0.1, 0.15) is 5.76 Å². The number of carbonyl (C=O) groups excluding carboxylic acids is 1. The molecule has 0 aliphatic heterocycles. The lowest BCUT2D eigenvalue weighted by Crippen LogP contribution is -2.20. The first-order valence-corrected chi connectivity index (χ1v) is 7.45. The first-order valence-electron chi connectivity index (χ1n) is 7.07. The number of amides is 1. The molecule has 0 saturated heterocycles. The molecule has 26 heavy (non-hydrogen) atoms. The summed E-state index contributed by atoms with van der Waals surface area (Å²) in [6.07, 6.45) is -5.19. The highest BCUT2D eigenvalue weighted by atomic mass is 35.5. The summed E-state index contributed by atoms with van der Waals surface area (Å²) in [4.78, 5) is 11.8. The summed E-state index contributed by atoms with van der Waals surface area (Å²) in [6, 6.07) is 6.92. The van der Waals surface area contributed by atoms with Gasteiger partial charge < -0.3 is 9.26 Å². The van der Waals surface area contributed by atoms with Crippen molar-refractivity contribution in [2.24, 2.45) is 0 Å². The Hall–Kier alpha value is -3.01. The number of hydrogen-bond acceptors (Lipinski definition) is 5. The Morgan fingerprint density at radius 3 is 2.58 bits per heavy atom. The molecule has 0 aliphatic carbocycles. The lowest BCUT2D eigenvalue weighted by molar-refractivity contribution is -0.143. The van der Waals surface area contributed by atoms with Gasteiger partial charge in [0.2, 0.25) is 0 Å². The number of nitrogens with one attached hydrogen (secondary N) is 1. The van der Waals surface area contributed by atoms with E-state index in [0.717, 1.165) is 6.20 Å². The van der Waals surface area contributed by atoms with Crippen molar-refractivity contribution in [3.63, 3.8) is 0 Å². The van der Waals surface area contributed by atoms with Crippen molar-refractivity contribution < 1.29 is 27.2 Å². The van der Waals surface area contributed by atoms with Crippen molar-refractivity contribution in [1.82, 2.24) is 14.9 Å². The largest absolute Gasteiger partial charge is 0.437 e. The Morgan fingerprint density at radius 2 is 2.00 bits per heavy atom. The summed E-state index contributed by atoms with van der Waals surface area (Å²) in [5.74, 6) is -0.344. The van der Waals surface area contributed by atoms with Gasteiger partial charge in [0.25, 0.3) is 0 Å². The topological polar surface area (TPSA) is 82.2 Å². The van der Waals surface area contributed by atoms with E-state index in [4.69, 9.17) is 20.9 Å². The molecule has 0 fully saturated rings. The van der Waals surface area contributed by atoms with E-state index in [1.807, 2.05) is 0 Å². The second-order valence-corrected chi connectivity index (χ2v) is 5.52. The van der Waals surface area contributed by atoms with Crippen LogP contribution in [-0.4, -0.2) is 21.0 Å². The van der Waals surface area contributed by atoms with Crippen molar-refractivity contribution in [3.8, 4) is 11.4 Å². The molecule has 0 aliphatic rings. The molecule has 7 nitrogen and oxygen atoms in total. The van der Waals surface area contributed by atoms with Crippen molar-refractivity contribution in [1.29, 1.82) is 0 Å². The Bertz CT molecular complexity index is 935. The molecule has 0 spiro atoms. The number of hydrogen-bond donors (Lipinski definition) is 1. The molecule has 1 N–H and O–H groups in total. The summed E-state index contributed by atoms with van der Waals surface area (Å²) >= 11 is 5.74. The third kappa shape index (κ3) is 3.80. The van der Waals surface area contributed by atoms with Gasteiger partial charge in [0.15, 0.2) is 17.3 Å². The van der Waals surface area contributed by atoms with Gasteiger partial charge in [0, 0.05) is 11.1 Å². The second-order valence-electron chi connectivity index (χ2n) is 5.08. The zero-order chi connectivity index (χ0) is 18.9. The Kier molecular flexibility index (Phi) is 4.60. The fourth-order valence-electron chi connectivity index (χ4n) is 2.10. The average Bonchev–Trinajstić information content (AvgIpc) is 3.14. The first-order chi connectivity index (χ1) is 12.2. The Labute approximate surface area is 149 Å². The third-order valence-electron chi connectivity index (χ3n) is 3.14. The van der Waals surface area contributed by atoms with Gasteiger partial charge in [0.05, 0.1) is 11.9 Å². The summed E-state index contributed by atoms with van der Waals surface area (Å²) < 4.78 is 50.5. The summed E-state index contributed by atoms with van der Waals surface area (Å²) in [5.41, 5.74) is -1.14. The molecule has 3 aromatic rings. The number of carbonyl (C=O) groups is 1. The molecular formula is C15H10ClF3N4O3. The van der Waals surface area contributed by atoms with Crippen molar-refractivity contribution >= 4 is 23.5 Å². The number of ether oxygens (including phenoxy) is 1. The van der Waals surface area contributed by atoms with Crippen LogP contribution in [0, 0.1) is 6.92 Å². The quantitative estimate of drug-likeness (QED) is 0.719. The number of rotatable bonds is 3. The van der Waals surface area contributed by atoms with Gasteiger partial charge in [-0.2, -0.15) is 18.3 Å². The van der Waals surface area contributed by atoms with E-state index < -0.39 is 23.7 Å². The Morgan fingerprint density at radius 1 is 1.31 bits per heavy atom. The molecule has 3 rings (SSSR count). The molecule has 1 amide bonds. The minimum atomic E-state index is -4.82. The first kappa shape index (κ1) is 17.8. The van der Waals surface area contributed by atoms with Gasteiger partial charge in [-0.05, 0) is 31.2 Å². The molecule has 2 aromatic heterocycles. The van der Waals surface area contributed by atoms with E-state index in [1.54, 1.807) is 6.92 Å². The monoisotopic (exact) mass is 386 g/mol. The lowest BCUT2D eigenvalue weighted by Gasteiger charge is -2.12. The molecule has 0 atom stereocenters. The minimum absolute atomic E-state index is 0.00570. The Balaban J connectivity index is 1.89. The van der Waals surface area contributed by atoms with Crippen molar-refractivity contribution in [2.75, 3.05) is 5.32 Å². The van der Waals surface area contributed by atoms with Crippen LogP contribution in [0.15, 0.2) is 41.1 Å². The molecule has 1 aromatic carbocycles. The maximum absolute atomic E-state index is 13.5. The van der Waals surface area contributed by atoms with E-state index in [1.165, 1.54) is 30.3 Å². The van der Waals surface area contributed by atoms with Gasteiger partial charge in [-0.3, -0.25) is 5.32 Å². The minimum Gasteiger partial charge on any atom is -0.406 e. The highest BCUT2D eigenvalue weighted by molar-refractivity contribution is 6.30. The molecule has 0 unspecified atom stereocenters. The standard InChI is InChI=1S/C15H10ClF3N4O3/c1-8-6-12(22-26-8)21-14(24)25-11-7-20-23(13(11)15(17,18)19)10-4-2-9(16)3-5-10/h2-7H,1H3,(H,21,22,24). The summed E-state index contributed by atoms with van der Waals surface area (Å²) in [6.45, 7) is 1.58.